The summed E-state index contributed by atoms with van der Waals surface area (Å²) in [5.41, 5.74) is 6.81. The minimum absolute atomic E-state index is 0.238. The van der Waals surface area contributed by atoms with Crippen LogP contribution in [0.5, 0.6) is 0 Å². The molecule has 0 saturated carbocycles. The fraction of sp³-hybridized carbons (Fsp3) is 0.455. The second kappa shape index (κ2) is 3.48. The highest BCUT2D eigenvalue weighted by atomic mass is 19.1. The van der Waals surface area contributed by atoms with Gasteiger partial charge in [-0.05, 0) is 38.0 Å². The van der Waals surface area contributed by atoms with Gasteiger partial charge in [0.15, 0.2) is 0 Å². The average molecular weight is 194 g/mol. The predicted molar refractivity (Wildman–Crippen MR) is 56.9 cm³/mol. The van der Waals surface area contributed by atoms with Gasteiger partial charge in [0.05, 0.1) is 5.69 Å². The standard InChI is InChI=1S/C11H15FN2/c1-8-3-2-6-14(8)9-4-5-10(12)11(13)7-9/h4-5,7-8H,2-3,6,13H2,1H3. The molecule has 2 N–H and O–H groups in total. The van der Waals surface area contributed by atoms with E-state index in [0.717, 1.165) is 12.2 Å². The lowest BCUT2D eigenvalue weighted by Crippen LogP contribution is -2.26. The molecule has 1 heterocycles. The molecule has 1 fully saturated rings. The maximum absolute atomic E-state index is 12.9. The summed E-state index contributed by atoms with van der Waals surface area (Å²) in [6.45, 7) is 3.23. The third kappa shape index (κ3) is 1.54. The summed E-state index contributed by atoms with van der Waals surface area (Å²) in [6.07, 6.45) is 2.41. The molecule has 1 unspecified atom stereocenters. The third-order valence-corrected chi connectivity index (χ3v) is 2.86. The van der Waals surface area contributed by atoms with Crippen LogP contribution in [-0.4, -0.2) is 12.6 Å². The molecule has 1 aromatic rings. The van der Waals surface area contributed by atoms with Crippen molar-refractivity contribution in [2.24, 2.45) is 0 Å². The summed E-state index contributed by atoms with van der Waals surface area (Å²) in [7, 11) is 0. The van der Waals surface area contributed by atoms with Crippen molar-refractivity contribution in [3.63, 3.8) is 0 Å². The van der Waals surface area contributed by atoms with Gasteiger partial charge in [0.1, 0.15) is 5.82 Å². The molecule has 14 heavy (non-hydrogen) atoms. The number of nitrogens with zero attached hydrogens (tertiary/aromatic N) is 1. The number of halogens is 1. The van der Waals surface area contributed by atoms with Crippen LogP contribution in [0.3, 0.4) is 0 Å². The van der Waals surface area contributed by atoms with E-state index < -0.39 is 0 Å². The van der Waals surface area contributed by atoms with Crippen LogP contribution in [0.4, 0.5) is 15.8 Å². The number of hydrogen-bond donors (Lipinski definition) is 1. The van der Waals surface area contributed by atoms with Crippen LogP contribution in [-0.2, 0) is 0 Å². The lowest BCUT2D eigenvalue weighted by molar-refractivity contribution is 0.632. The Morgan fingerprint density at radius 3 is 2.86 bits per heavy atom. The number of nitrogens with two attached hydrogens (primary N) is 1. The molecule has 0 aliphatic carbocycles. The largest absolute Gasteiger partial charge is 0.396 e. The second-order valence-corrected chi connectivity index (χ2v) is 3.89. The Morgan fingerprint density at radius 1 is 1.50 bits per heavy atom. The lowest BCUT2D eigenvalue weighted by Gasteiger charge is -2.24. The number of rotatable bonds is 1. The number of benzene rings is 1. The maximum Gasteiger partial charge on any atom is 0.146 e. The monoisotopic (exact) mass is 194 g/mol. The number of nitrogen functional groups attached to an aromatic ring is 1. The van der Waals surface area contributed by atoms with Gasteiger partial charge < -0.3 is 10.6 Å². The van der Waals surface area contributed by atoms with Gasteiger partial charge in [-0.1, -0.05) is 0 Å². The molecule has 2 rings (SSSR count). The summed E-state index contributed by atoms with van der Waals surface area (Å²) < 4.78 is 12.9. The van der Waals surface area contributed by atoms with Crippen molar-refractivity contribution in [1.82, 2.24) is 0 Å². The molecule has 0 amide bonds. The number of anilines is 2. The first-order chi connectivity index (χ1) is 6.68. The van der Waals surface area contributed by atoms with Crippen LogP contribution in [0.2, 0.25) is 0 Å². The van der Waals surface area contributed by atoms with Crippen molar-refractivity contribution in [2.45, 2.75) is 25.8 Å². The van der Waals surface area contributed by atoms with Crippen LogP contribution < -0.4 is 10.6 Å². The zero-order valence-electron chi connectivity index (χ0n) is 8.33. The van der Waals surface area contributed by atoms with Crippen molar-refractivity contribution in [1.29, 1.82) is 0 Å². The van der Waals surface area contributed by atoms with Crippen molar-refractivity contribution in [2.75, 3.05) is 17.2 Å². The first kappa shape index (κ1) is 9.31. The molecule has 0 radical (unpaired) electrons. The Labute approximate surface area is 83.5 Å². The highest BCUT2D eigenvalue weighted by Crippen LogP contribution is 2.27. The zero-order valence-corrected chi connectivity index (χ0v) is 8.33. The quantitative estimate of drug-likeness (QED) is 0.695. The Bertz CT molecular complexity index is 338. The average Bonchev–Trinajstić information content (AvgIpc) is 2.57. The summed E-state index contributed by atoms with van der Waals surface area (Å²) >= 11 is 0. The van der Waals surface area contributed by atoms with E-state index in [1.807, 2.05) is 0 Å². The summed E-state index contributed by atoms with van der Waals surface area (Å²) in [4.78, 5) is 2.27. The van der Waals surface area contributed by atoms with Crippen LogP contribution in [0.25, 0.3) is 0 Å². The van der Waals surface area contributed by atoms with E-state index >= 15 is 0 Å². The van der Waals surface area contributed by atoms with Crippen LogP contribution >= 0.6 is 0 Å². The Morgan fingerprint density at radius 2 is 2.29 bits per heavy atom. The minimum Gasteiger partial charge on any atom is -0.396 e. The molecule has 2 nitrogen and oxygen atoms in total. The fourth-order valence-corrected chi connectivity index (χ4v) is 2.03. The van der Waals surface area contributed by atoms with Gasteiger partial charge in [-0.2, -0.15) is 0 Å². The fourth-order valence-electron chi connectivity index (χ4n) is 2.03. The minimum atomic E-state index is -0.333. The van der Waals surface area contributed by atoms with Crippen molar-refractivity contribution >= 4 is 11.4 Å². The molecular formula is C11H15FN2. The highest BCUT2D eigenvalue weighted by Gasteiger charge is 2.20. The summed E-state index contributed by atoms with van der Waals surface area (Å²) in [6, 6.07) is 5.50. The zero-order chi connectivity index (χ0) is 10.1. The van der Waals surface area contributed by atoms with E-state index in [9.17, 15) is 4.39 Å². The Hall–Kier alpha value is -1.25. The van der Waals surface area contributed by atoms with Crippen LogP contribution in [0.1, 0.15) is 19.8 Å². The number of hydrogen-bond acceptors (Lipinski definition) is 2. The van der Waals surface area contributed by atoms with E-state index in [0.29, 0.717) is 6.04 Å². The lowest BCUT2D eigenvalue weighted by atomic mass is 10.2. The van der Waals surface area contributed by atoms with Gasteiger partial charge in [-0.3, -0.25) is 0 Å². The van der Waals surface area contributed by atoms with E-state index in [4.69, 9.17) is 5.73 Å². The summed E-state index contributed by atoms with van der Waals surface area (Å²) in [5, 5.41) is 0. The van der Waals surface area contributed by atoms with E-state index in [1.165, 1.54) is 18.9 Å². The third-order valence-electron chi connectivity index (χ3n) is 2.86. The molecule has 1 aliphatic heterocycles. The van der Waals surface area contributed by atoms with Crippen molar-refractivity contribution < 1.29 is 4.39 Å². The van der Waals surface area contributed by atoms with Gasteiger partial charge in [-0.15, -0.1) is 0 Å². The summed E-state index contributed by atoms with van der Waals surface area (Å²) in [5.74, 6) is -0.333. The topological polar surface area (TPSA) is 29.3 Å². The molecular weight excluding hydrogens is 179 g/mol. The van der Waals surface area contributed by atoms with Crippen LogP contribution in [0.15, 0.2) is 18.2 Å². The molecule has 1 aromatic carbocycles. The molecule has 1 aliphatic rings. The second-order valence-electron chi connectivity index (χ2n) is 3.89. The van der Waals surface area contributed by atoms with Crippen molar-refractivity contribution in [3.05, 3.63) is 24.0 Å². The first-order valence-corrected chi connectivity index (χ1v) is 5.00. The Kier molecular flexibility index (Phi) is 2.32. The van der Waals surface area contributed by atoms with E-state index in [1.54, 1.807) is 12.1 Å². The van der Waals surface area contributed by atoms with Gasteiger partial charge in [0.2, 0.25) is 0 Å². The van der Waals surface area contributed by atoms with Crippen molar-refractivity contribution in [3.8, 4) is 0 Å². The SMILES string of the molecule is CC1CCCN1c1ccc(F)c(N)c1. The molecule has 1 saturated heterocycles. The normalized spacial score (nSPS) is 21.6. The van der Waals surface area contributed by atoms with Gasteiger partial charge in [-0.25, -0.2) is 4.39 Å². The molecule has 76 valence electrons. The Balaban J connectivity index is 2.28. The smallest absolute Gasteiger partial charge is 0.146 e. The molecule has 0 spiro atoms. The molecule has 3 heteroatoms. The van der Waals surface area contributed by atoms with Gasteiger partial charge in [0.25, 0.3) is 0 Å². The van der Waals surface area contributed by atoms with E-state index in [-0.39, 0.29) is 11.5 Å². The maximum atomic E-state index is 12.9. The molecule has 1 atom stereocenters. The highest BCUT2D eigenvalue weighted by molar-refractivity contribution is 5.57. The first-order valence-electron chi connectivity index (χ1n) is 5.00. The van der Waals surface area contributed by atoms with E-state index in [2.05, 4.69) is 11.8 Å². The molecule has 0 bridgehead atoms. The predicted octanol–water partition coefficient (Wildman–Crippen LogP) is 2.40. The van der Waals surface area contributed by atoms with Gasteiger partial charge >= 0.3 is 0 Å². The van der Waals surface area contributed by atoms with Gasteiger partial charge in [0, 0.05) is 18.3 Å². The molecule has 0 aromatic heterocycles. The van der Waals surface area contributed by atoms with Crippen LogP contribution in [0, 0.1) is 5.82 Å².